The Morgan fingerprint density at radius 3 is 1.74 bits per heavy atom. The van der Waals surface area contributed by atoms with Crippen LogP contribution in [0.3, 0.4) is 0 Å². The van der Waals surface area contributed by atoms with Crippen LogP contribution in [0.25, 0.3) is 0 Å². The molecule has 1 fully saturated rings. The van der Waals surface area contributed by atoms with Gasteiger partial charge in [-0.05, 0) is 72.9 Å². The lowest BCUT2D eigenvalue weighted by atomic mass is 9.77. The number of methoxy groups -OCH3 is 2. The van der Waals surface area contributed by atoms with E-state index in [-0.39, 0.29) is 41.2 Å². The topological polar surface area (TPSA) is 57.2 Å². The minimum absolute atomic E-state index is 0.0351. The summed E-state index contributed by atoms with van der Waals surface area (Å²) in [6.07, 6.45) is -0.466. The van der Waals surface area contributed by atoms with Crippen LogP contribution in [0, 0.1) is 5.92 Å². The zero-order chi connectivity index (χ0) is 30.7. The summed E-state index contributed by atoms with van der Waals surface area (Å²) in [5, 5.41) is 0.0351. The van der Waals surface area contributed by atoms with E-state index in [1.165, 1.54) is 0 Å². The highest BCUT2D eigenvalue weighted by Crippen LogP contribution is 2.46. The van der Waals surface area contributed by atoms with Crippen molar-refractivity contribution in [2.75, 3.05) is 14.2 Å². The summed E-state index contributed by atoms with van der Waals surface area (Å²) in [4.78, 5) is 16.3. The highest BCUT2D eigenvalue weighted by atomic mass is 28.4. The summed E-state index contributed by atoms with van der Waals surface area (Å²) >= 11 is 0. The van der Waals surface area contributed by atoms with Gasteiger partial charge < -0.3 is 23.5 Å². The molecule has 3 aromatic rings. The summed E-state index contributed by atoms with van der Waals surface area (Å²) in [6.45, 7) is 15.8. The number of hydrogen-bond acceptors (Lipinski definition) is 5. The van der Waals surface area contributed by atoms with Crippen molar-refractivity contribution in [2.24, 2.45) is 5.92 Å². The van der Waals surface area contributed by atoms with E-state index in [1.54, 1.807) is 14.2 Å². The lowest BCUT2D eigenvalue weighted by Crippen LogP contribution is -2.70. The van der Waals surface area contributed by atoms with Gasteiger partial charge in [0.1, 0.15) is 11.5 Å². The van der Waals surface area contributed by atoms with E-state index in [2.05, 4.69) is 59.8 Å². The molecule has 4 atom stereocenters. The SMILES string of the molecule is COc1ccc(C(c2ccc(OC)cc2)N2C(=O)[C@H]([C@@H](C)O[Si](C)(C)C(C)(C)C)[C@H]2[C@H](C)OCc2ccccc2)cc1. The van der Waals surface area contributed by atoms with Crippen LogP contribution in [-0.2, 0) is 20.6 Å². The number of carbonyl (C=O) groups excluding carboxylic acids is 1. The van der Waals surface area contributed by atoms with Gasteiger partial charge in [0.25, 0.3) is 0 Å². The Morgan fingerprint density at radius 2 is 1.29 bits per heavy atom. The van der Waals surface area contributed by atoms with Crippen LogP contribution >= 0.6 is 0 Å². The molecule has 0 N–H and O–H groups in total. The first-order chi connectivity index (χ1) is 19.9. The zero-order valence-corrected chi connectivity index (χ0v) is 27.6. The first-order valence-electron chi connectivity index (χ1n) is 14.8. The molecule has 4 rings (SSSR count). The van der Waals surface area contributed by atoms with Gasteiger partial charge in [0.05, 0.1) is 51.0 Å². The first-order valence-corrected chi connectivity index (χ1v) is 17.7. The maximum absolute atomic E-state index is 14.3. The molecule has 0 aromatic heterocycles. The lowest BCUT2D eigenvalue weighted by molar-refractivity contribution is -0.180. The van der Waals surface area contributed by atoms with Crippen LogP contribution < -0.4 is 9.47 Å². The second-order valence-corrected chi connectivity index (χ2v) is 17.6. The predicted molar refractivity (Wildman–Crippen MR) is 170 cm³/mol. The van der Waals surface area contributed by atoms with Crippen molar-refractivity contribution in [1.29, 1.82) is 0 Å². The van der Waals surface area contributed by atoms with Gasteiger partial charge in [-0.1, -0.05) is 75.4 Å². The number of hydrogen-bond donors (Lipinski definition) is 0. The number of ether oxygens (including phenoxy) is 3. The molecule has 1 aliphatic heterocycles. The Bertz CT molecular complexity index is 1260. The Morgan fingerprint density at radius 1 is 0.786 bits per heavy atom. The quantitative estimate of drug-likeness (QED) is 0.161. The number of carbonyl (C=O) groups is 1. The highest BCUT2D eigenvalue weighted by molar-refractivity contribution is 6.74. The first kappa shape index (κ1) is 31.8. The molecule has 0 saturated carbocycles. The number of rotatable bonds is 12. The summed E-state index contributed by atoms with van der Waals surface area (Å²) in [5.41, 5.74) is 3.11. The largest absolute Gasteiger partial charge is 0.497 e. The molecule has 0 aliphatic carbocycles. The van der Waals surface area contributed by atoms with E-state index < -0.39 is 8.32 Å². The molecule has 0 bridgehead atoms. The second-order valence-electron chi connectivity index (χ2n) is 12.8. The third-order valence-electron chi connectivity index (χ3n) is 9.00. The van der Waals surface area contributed by atoms with Gasteiger partial charge in [0.2, 0.25) is 5.91 Å². The van der Waals surface area contributed by atoms with Gasteiger partial charge in [-0.25, -0.2) is 0 Å². The fourth-order valence-corrected chi connectivity index (χ4v) is 6.98. The van der Waals surface area contributed by atoms with Crippen molar-refractivity contribution in [3.05, 3.63) is 95.6 Å². The average molecular weight is 590 g/mol. The molecule has 42 heavy (non-hydrogen) atoms. The lowest BCUT2D eigenvalue weighted by Gasteiger charge is -2.56. The van der Waals surface area contributed by atoms with Crippen molar-refractivity contribution < 1.29 is 23.4 Å². The Hall–Kier alpha value is -3.13. The van der Waals surface area contributed by atoms with E-state index in [9.17, 15) is 4.79 Å². The van der Waals surface area contributed by atoms with E-state index in [0.717, 1.165) is 28.2 Å². The van der Waals surface area contributed by atoms with Gasteiger partial charge in [-0.3, -0.25) is 4.79 Å². The fraction of sp³-hybridized carbons (Fsp3) is 0.457. The van der Waals surface area contributed by atoms with Gasteiger partial charge >= 0.3 is 0 Å². The number of nitrogens with zero attached hydrogens (tertiary/aromatic N) is 1. The third-order valence-corrected chi connectivity index (χ3v) is 13.6. The smallest absolute Gasteiger partial charge is 0.231 e. The van der Waals surface area contributed by atoms with Crippen LogP contribution in [0.5, 0.6) is 11.5 Å². The predicted octanol–water partition coefficient (Wildman–Crippen LogP) is 7.64. The van der Waals surface area contributed by atoms with Gasteiger partial charge in [0.15, 0.2) is 8.32 Å². The number of β-lactam (4-membered cyclic amide) rings is 1. The monoisotopic (exact) mass is 589 g/mol. The van der Waals surface area contributed by atoms with Gasteiger partial charge in [0, 0.05) is 0 Å². The minimum atomic E-state index is -2.12. The van der Waals surface area contributed by atoms with Crippen molar-refractivity contribution >= 4 is 14.2 Å². The van der Waals surface area contributed by atoms with Crippen LogP contribution in [-0.4, -0.2) is 51.6 Å². The summed E-state index contributed by atoms with van der Waals surface area (Å²) < 4.78 is 24.2. The molecule has 3 aromatic carbocycles. The molecule has 1 aliphatic rings. The summed E-state index contributed by atoms with van der Waals surface area (Å²) in [5.74, 6) is 1.31. The number of benzene rings is 3. The van der Waals surface area contributed by atoms with E-state index >= 15 is 0 Å². The molecular formula is C35H47NO5Si. The third kappa shape index (κ3) is 6.74. The maximum atomic E-state index is 14.3. The van der Waals surface area contributed by atoms with E-state index in [4.69, 9.17) is 18.6 Å². The Balaban J connectivity index is 1.73. The molecule has 226 valence electrons. The van der Waals surface area contributed by atoms with E-state index in [1.807, 2.05) is 71.6 Å². The van der Waals surface area contributed by atoms with Crippen molar-refractivity contribution in [3.8, 4) is 11.5 Å². The molecule has 7 heteroatoms. The van der Waals surface area contributed by atoms with Gasteiger partial charge in [-0.2, -0.15) is 0 Å². The second kappa shape index (κ2) is 13.0. The maximum Gasteiger partial charge on any atom is 0.231 e. The molecule has 1 saturated heterocycles. The average Bonchev–Trinajstić information content (AvgIpc) is 2.97. The molecule has 0 spiro atoms. The number of amides is 1. The molecule has 1 heterocycles. The Kier molecular flexibility index (Phi) is 9.86. The van der Waals surface area contributed by atoms with Crippen LogP contribution in [0.15, 0.2) is 78.9 Å². The summed E-state index contributed by atoms with van der Waals surface area (Å²) in [6, 6.07) is 25.6. The van der Waals surface area contributed by atoms with Crippen molar-refractivity contribution in [1.82, 2.24) is 4.90 Å². The normalized spacial score (nSPS) is 18.9. The van der Waals surface area contributed by atoms with Crippen LogP contribution in [0.4, 0.5) is 0 Å². The van der Waals surface area contributed by atoms with E-state index in [0.29, 0.717) is 6.61 Å². The summed E-state index contributed by atoms with van der Waals surface area (Å²) in [7, 11) is 1.20. The van der Waals surface area contributed by atoms with Crippen molar-refractivity contribution in [3.63, 3.8) is 0 Å². The standard InChI is InChI=1S/C35H47NO5Si/c1-24(41-42(8,9)35(3,4)5)31-32(25(2)40-23-26-13-11-10-12-14-26)36(34(31)37)33(27-15-19-29(38-6)20-16-27)28-17-21-30(39-7)22-18-28/h10-22,24-25,31-33H,23H2,1-9H3/t24-,25+,31-,32-/m1/s1. The molecule has 0 radical (unpaired) electrons. The molecular weight excluding hydrogens is 542 g/mol. The Labute approximate surface area is 253 Å². The molecule has 1 amide bonds. The number of likely N-dealkylation sites (tertiary alicyclic amines) is 1. The zero-order valence-electron chi connectivity index (χ0n) is 26.6. The fourth-order valence-electron chi connectivity index (χ4n) is 5.55. The van der Waals surface area contributed by atoms with Crippen LogP contribution in [0.2, 0.25) is 18.1 Å². The highest BCUT2D eigenvalue weighted by Gasteiger charge is 2.57. The van der Waals surface area contributed by atoms with Gasteiger partial charge in [-0.15, -0.1) is 0 Å². The van der Waals surface area contributed by atoms with Crippen molar-refractivity contribution in [2.45, 2.75) is 83.6 Å². The van der Waals surface area contributed by atoms with Crippen LogP contribution in [0.1, 0.15) is 57.4 Å². The minimum Gasteiger partial charge on any atom is -0.497 e. The molecule has 0 unspecified atom stereocenters. The molecule has 6 nitrogen and oxygen atoms in total.